The lowest BCUT2D eigenvalue weighted by Gasteiger charge is -2.07. The van der Waals surface area contributed by atoms with Gasteiger partial charge in [0, 0.05) is 0 Å². The van der Waals surface area contributed by atoms with E-state index in [1.54, 1.807) is 29.6 Å². The number of hydrogen-bond donors (Lipinski definition) is 2. The van der Waals surface area contributed by atoms with Crippen molar-refractivity contribution in [2.24, 2.45) is 5.73 Å². The van der Waals surface area contributed by atoms with Crippen molar-refractivity contribution in [3.63, 3.8) is 0 Å². The topological polar surface area (TPSA) is 108 Å². The molecule has 0 radical (unpaired) electrons. The van der Waals surface area contributed by atoms with Crippen molar-refractivity contribution in [1.82, 2.24) is 5.32 Å². The standard InChI is InChI=1S/C16H22N2O5/c1-2-3-4-5-10-22-13-8-6-12(7-9-13)15(20)23-11-14(19)18-16(17)21/h6-9H,2-5,10-11H2,1H3,(H3,17,18,19,21). The van der Waals surface area contributed by atoms with Crippen LogP contribution in [-0.4, -0.2) is 31.1 Å². The molecule has 3 amide bonds. The second-order valence-electron chi connectivity index (χ2n) is 4.92. The molecule has 3 N–H and O–H groups in total. The van der Waals surface area contributed by atoms with Crippen LogP contribution in [0.15, 0.2) is 24.3 Å². The predicted molar refractivity (Wildman–Crippen MR) is 84.1 cm³/mol. The molecule has 126 valence electrons. The number of amides is 3. The minimum absolute atomic E-state index is 0.287. The maximum absolute atomic E-state index is 11.7. The molecule has 0 saturated carbocycles. The molecule has 0 heterocycles. The Morgan fingerprint density at radius 1 is 1.09 bits per heavy atom. The molecule has 0 aromatic heterocycles. The minimum Gasteiger partial charge on any atom is -0.494 e. The first-order valence-electron chi connectivity index (χ1n) is 7.52. The lowest BCUT2D eigenvalue weighted by Crippen LogP contribution is -2.37. The van der Waals surface area contributed by atoms with Gasteiger partial charge in [0.15, 0.2) is 6.61 Å². The Labute approximate surface area is 135 Å². The number of hydrogen-bond acceptors (Lipinski definition) is 5. The molecule has 0 aliphatic rings. The summed E-state index contributed by atoms with van der Waals surface area (Å²) < 4.78 is 10.3. The summed E-state index contributed by atoms with van der Waals surface area (Å²) >= 11 is 0. The average molecular weight is 322 g/mol. The van der Waals surface area contributed by atoms with E-state index < -0.39 is 24.5 Å². The number of rotatable bonds is 9. The molecular formula is C16H22N2O5. The predicted octanol–water partition coefficient (Wildman–Crippen LogP) is 2.00. The fourth-order valence-corrected chi connectivity index (χ4v) is 1.79. The molecule has 0 aliphatic carbocycles. The number of nitrogens with one attached hydrogen (secondary N) is 1. The summed E-state index contributed by atoms with van der Waals surface area (Å²) in [5.74, 6) is -0.776. The van der Waals surface area contributed by atoms with Gasteiger partial charge in [-0.1, -0.05) is 26.2 Å². The summed E-state index contributed by atoms with van der Waals surface area (Å²) in [5, 5.41) is 1.80. The van der Waals surface area contributed by atoms with Gasteiger partial charge < -0.3 is 15.2 Å². The van der Waals surface area contributed by atoms with Crippen molar-refractivity contribution in [1.29, 1.82) is 0 Å². The summed E-state index contributed by atoms with van der Waals surface area (Å²) in [4.78, 5) is 33.3. The molecular weight excluding hydrogens is 300 g/mol. The Hall–Kier alpha value is -2.57. The highest BCUT2D eigenvalue weighted by atomic mass is 16.5. The Morgan fingerprint density at radius 3 is 2.39 bits per heavy atom. The van der Waals surface area contributed by atoms with Gasteiger partial charge in [-0.25, -0.2) is 9.59 Å². The van der Waals surface area contributed by atoms with E-state index in [-0.39, 0.29) is 5.56 Å². The van der Waals surface area contributed by atoms with Crippen LogP contribution in [0.2, 0.25) is 0 Å². The van der Waals surface area contributed by atoms with Crippen LogP contribution < -0.4 is 15.8 Å². The normalized spacial score (nSPS) is 9.96. The Balaban J connectivity index is 2.35. The van der Waals surface area contributed by atoms with Crippen LogP contribution in [-0.2, 0) is 9.53 Å². The highest BCUT2D eigenvalue weighted by molar-refractivity contribution is 5.96. The minimum atomic E-state index is -0.994. The zero-order valence-corrected chi connectivity index (χ0v) is 13.2. The third-order valence-electron chi connectivity index (χ3n) is 2.95. The van der Waals surface area contributed by atoms with E-state index in [2.05, 4.69) is 6.92 Å². The van der Waals surface area contributed by atoms with Crippen molar-refractivity contribution < 1.29 is 23.9 Å². The van der Waals surface area contributed by atoms with Gasteiger partial charge in [0.2, 0.25) is 0 Å². The van der Waals surface area contributed by atoms with Crippen LogP contribution in [0.3, 0.4) is 0 Å². The molecule has 1 aromatic rings. The summed E-state index contributed by atoms with van der Waals surface area (Å²) in [6, 6.07) is 5.44. The maximum Gasteiger partial charge on any atom is 0.338 e. The molecule has 0 bridgehead atoms. The molecule has 0 spiro atoms. The van der Waals surface area contributed by atoms with Gasteiger partial charge in [0.25, 0.3) is 5.91 Å². The molecule has 0 fully saturated rings. The van der Waals surface area contributed by atoms with Crippen LogP contribution in [0.5, 0.6) is 5.75 Å². The number of benzene rings is 1. The van der Waals surface area contributed by atoms with Gasteiger partial charge in [0.1, 0.15) is 5.75 Å². The third-order valence-corrected chi connectivity index (χ3v) is 2.95. The number of esters is 1. The number of urea groups is 1. The summed E-state index contributed by atoms with van der Waals surface area (Å²) in [7, 11) is 0. The van der Waals surface area contributed by atoms with Crippen molar-refractivity contribution in [2.45, 2.75) is 32.6 Å². The number of nitrogens with two attached hydrogens (primary N) is 1. The molecule has 23 heavy (non-hydrogen) atoms. The Kier molecular flexibility index (Phi) is 8.20. The average Bonchev–Trinajstić information content (AvgIpc) is 2.52. The van der Waals surface area contributed by atoms with Gasteiger partial charge in [-0.2, -0.15) is 0 Å². The SMILES string of the molecule is CCCCCCOc1ccc(C(=O)OCC(=O)NC(N)=O)cc1. The number of unbranched alkanes of at least 4 members (excludes halogenated alkanes) is 3. The largest absolute Gasteiger partial charge is 0.494 e. The van der Waals surface area contributed by atoms with Crippen LogP contribution in [0.4, 0.5) is 4.79 Å². The molecule has 7 heteroatoms. The van der Waals surface area contributed by atoms with Gasteiger partial charge in [-0.3, -0.25) is 10.1 Å². The molecule has 1 aromatic carbocycles. The Bertz CT molecular complexity index is 528. The fraction of sp³-hybridized carbons (Fsp3) is 0.438. The first-order chi connectivity index (χ1) is 11.0. The molecule has 0 atom stereocenters. The van der Waals surface area contributed by atoms with Gasteiger partial charge >= 0.3 is 12.0 Å². The summed E-state index contributed by atoms with van der Waals surface area (Å²) in [5.41, 5.74) is 5.06. The van der Waals surface area contributed by atoms with Crippen molar-refractivity contribution in [2.75, 3.05) is 13.2 Å². The van der Waals surface area contributed by atoms with Crippen molar-refractivity contribution >= 4 is 17.9 Å². The molecule has 0 saturated heterocycles. The Morgan fingerprint density at radius 2 is 1.78 bits per heavy atom. The third kappa shape index (κ3) is 7.85. The van der Waals surface area contributed by atoms with E-state index in [0.29, 0.717) is 12.4 Å². The van der Waals surface area contributed by atoms with Gasteiger partial charge in [-0.15, -0.1) is 0 Å². The second kappa shape index (κ2) is 10.2. The van der Waals surface area contributed by atoms with E-state index in [1.807, 2.05) is 0 Å². The molecule has 0 unspecified atom stereocenters. The number of carbonyl (C=O) groups excluding carboxylic acids is 3. The number of ether oxygens (including phenoxy) is 2. The van der Waals surface area contributed by atoms with Crippen molar-refractivity contribution in [3.8, 4) is 5.75 Å². The van der Waals surface area contributed by atoms with Crippen LogP contribution >= 0.6 is 0 Å². The van der Waals surface area contributed by atoms with E-state index in [0.717, 1.165) is 12.8 Å². The highest BCUT2D eigenvalue weighted by Gasteiger charge is 2.11. The van der Waals surface area contributed by atoms with Gasteiger partial charge in [-0.05, 0) is 30.7 Å². The lowest BCUT2D eigenvalue weighted by molar-refractivity contribution is -0.123. The summed E-state index contributed by atoms with van der Waals surface area (Å²) in [6.07, 6.45) is 4.49. The smallest absolute Gasteiger partial charge is 0.338 e. The van der Waals surface area contributed by atoms with Crippen LogP contribution in [0.1, 0.15) is 43.0 Å². The lowest BCUT2D eigenvalue weighted by atomic mass is 10.2. The molecule has 1 rings (SSSR count). The number of imide groups is 1. The maximum atomic E-state index is 11.7. The van der Waals surface area contributed by atoms with Gasteiger partial charge in [0.05, 0.1) is 12.2 Å². The quantitative estimate of drug-likeness (QED) is 0.534. The van der Waals surface area contributed by atoms with E-state index >= 15 is 0 Å². The highest BCUT2D eigenvalue weighted by Crippen LogP contribution is 2.13. The molecule has 7 nitrogen and oxygen atoms in total. The van der Waals surface area contributed by atoms with Crippen LogP contribution in [0, 0.1) is 0 Å². The first-order valence-corrected chi connectivity index (χ1v) is 7.52. The zero-order valence-electron chi connectivity index (χ0n) is 13.2. The van der Waals surface area contributed by atoms with E-state index in [1.165, 1.54) is 12.8 Å². The first kappa shape index (κ1) is 18.5. The van der Waals surface area contributed by atoms with Crippen molar-refractivity contribution in [3.05, 3.63) is 29.8 Å². The zero-order chi connectivity index (χ0) is 17.1. The van der Waals surface area contributed by atoms with E-state index in [9.17, 15) is 14.4 Å². The number of primary amides is 1. The summed E-state index contributed by atoms with van der Waals surface area (Å²) in [6.45, 7) is 2.21. The second-order valence-corrected chi connectivity index (χ2v) is 4.92. The number of carbonyl (C=O) groups is 3. The fourth-order valence-electron chi connectivity index (χ4n) is 1.79. The monoisotopic (exact) mass is 322 g/mol. The van der Waals surface area contributed by atoms with E-state index in [4.69, 9.17) is 15.2 Å². The molecule has 0 aliphatic heterocycles. The van der Waals surface area contributed by atoms with Crippen LogP contribution in [0.25, 0.3) is 0 Å².